The van der Waals surface area contributed by atoms with Gasteiger partial charge in [0.15, 0.2) is 0 Å². The molecule has 0 N–H and O–H groups in total. The predicted molar refractivity (Wildman–Crippen MR) is 82.3 cm³/mol. The van der Waals surface area contributed by atoms with Gasteiger partial charge in [-0.25, -0.2) is 0 Å². The predicted octanol–water partition coefficient (Wildman–Crippen LogP) is 4.82. The van der Waals surface area contributed by atoms with Crippen molar-refractivity contribution in [1.82, 2.24) is 3.38 Å². The first-order valence-electron chi connectivity index (χ1n) is 6.27. The third-order valence-corrected chi connectivity index (χ3v) is 7.49. The van der Waals surface area contributed by atoms with Crippen LogP contribution in [0.4, 0.5) is 0 Å². The van der Waals surface area contributed by atoms with E-state index in [9.17, 15) is 0 Å². The summed E-state index contributed by atoms with van der Waals surface area (Å²) in [7, 11) is 0. The normalized spacial score (nSPS) is 17.8. The van der Waals surface area contributed by atoms with E-state index in [1.807, 2.05) is 0 Å². The van der Waals surface area contributed by atoms with Gasteiger partial charge in [0.05, 0.1) is 0 Å². The molecule has 0 aliphatic heterocycles. The number of allylic oxidation sites excluding steroid dienone is 4. The van der Waals surface area contributed by atoms with Crippen LogP contribution < -0.4 is 0 Å². The minimum absolute atomic E-state index is 0. The molecule has 1 nitrogen and oxygen atoms in total. The molecule has 106 valence electrons. The number of nitrogens with zero attached hydrogens (tertiary/aromatic N) is 1. The van der Waals surface area contributed by atoms with Crippen molar-refractivity contribution in [3.8, 4) is 0 Å². The van der Waals surface area contributed by atoms with Crippen LogP contribution in [0.2, 0.25) is 0 Å². The Balaban J connectivity index is 0. The number of rotatable bonds is 4. The Labute approximate surface area is 135 Å². The summed E-state index contributed by atoms with van der Waals surface area (Å²) in [5, 5.41) is 0. The topological polar surface area (TPSA) is 3.24 Å². The van der Waals surface area contributed by atoms with Crippen molar-refractivity contribution in [2.24, 2.45) is 5.41 Å². The molecule has 0 fully saturated rings. The van der Waals surface area contributed by atoms with E-state index in [0.29, 0.717) is 5.41 Å². The van der Waals surface area contributed by atoms with E-state index in [-0.39, 0.29) is 44.2 Å². The largest absolute Gasteiger partial charge is 0.147 e. The van der Waals surface area contributed by atoms with Crippen LogP contribution in [0, 0.1) is 5.41 Å². The van der Waals surface area contributed by atoms with Crippen molar-refractivity contribution in [2.75, 3.05) is 13.1 Å². The van der Waals surface area contributed by atoms with Crippen molar-refractivity contribution in [2.45, 2.75) is 48.5 Å². The second-order valence-electron chi connectivity index (χ2n) is 5.16. The van der Waals surface area contributed by atoms with E-state index in [1.54, 1.807) is 15.0 Å². The fraction of sp³-hybridized carbons (Fsp3) is 0.714. The maximum Gasteiger partial charge on any atom is -0.147 e. The molecule has 0 saturated heterocycles. The van der Waals surface area contributed by atoms with Gasteiger partial charge in [0.25, 0.3) is 0 Å². The molecule has 0 spiro atoms. The molecule has 1 aliphatic carbocycles. The number of halogens is 2. The van der Waals surface area contributed by atoms with Crippen molar-refractivity contribution < 1.29 is 19.4 Å². The van der Waals surface area contributed by atoms with E-state index < -0.39 is 0 Å². The van der Waals surface area contributed by atoms with Crippen LogP contribution in [-0.2, 0) is 19.4 Å². The smallest absolute Gasteiger partial charge is 0.147 e. The Hall–Kier alpha value is 0.734. The third-order valence-electron chi connectivity index (χ3n) is 4.10. The zero-order valence-corrected chi connectivity index (χ0v) is 15.9. The zero-order valence-electron chi connectivity index (χ0n) is 12.7. The van der Waals surface area contributed by atoms with Crippen LogP contribution in [0.25, 0.3) is 0 Å². The number of hydrogen-bond donors (Lipinski definition) is 0. The Morgan fingerprint density at radius 2 is 1.39 bits per heavy atom. The molecule has 0 unspecified atom stereocenters. The second kappa shape index (κ2) is 8.12. The van der Waals surface area contributed by atoms with Gasteiger partial charge in [0, 0.05) is 0 Å². The maximum absolute atomic E-state index is 2.63. The second-order valence-corrected chi connectivity index (χ2v) is 7.28. The van der Waals surface area contributed by atoms with Crippen LogP contribution in [0.3, 0.4) is 0 Å². The molecule has 0 aromatic heterocycles. The van der Waals surface area contributed by atoms with Crippen molar-refractivity contribution in [1.29, 1.82) is 0 Å². The molecule has 1 rings (SSSR count). The van der Waals surface area contributed by atoms with Crippen molar-refractivity contribution >= 4 is 24.8 Å². The van der Waals surface area contributed by atoms with Gasteiger partial charge < -0.3 is 0 Å². The molecular weight excluding hydrogens is 301 g/mol. The summed E-state index contributed by atoms with van der Waals surface area (Å²) >= 11 is -0.105. The number of hydrogen-bond acceptors (Lipinski definition) is 1. The zero-order chi connectivity index (χ0) is 12.5. The summed E-state index contributed by atoms with van der Waals surface area (Å²) in [6.45, 7) is 18.6. The van der Waals surface area contributed by atoms with Gasteiger partial charge in [-0.1, -0.05) is 0 Å². The molecule has 4 heteroatoms. The summed E-state index contributed by atoms with van der Waals surface area (Å²) in [6, 6.07) is 0. The van der Waals surface area contributed by atoms with Crippen molar-refractivity contribution in [3.63, 3.8) is 0 Å². The molecule has 0 aromatic rings. The molecule has 0 heterocycles. The average molecular weight is 328 g/mol. The SMILES string of the molecule is CC[N](CC)[Ti][C]1=C(C)C(C)=C(C)C1(C)C.Cl.Cl. The van der Waals surface area contributed by atoms with E-state index in [4.69, 9.17) is 0 Å². The molecule has 0 aromatic carbocycles. The molecular formula is C14H27Cl2NTi. The Kier molecular flexibility index (Phi) is 9.49. The Bertz CT molecular complexity index is 342. The molecule has 0 atom stereocenters. The fourth-order valence-electron chi connectivity index (χ4n) is 2.36. The van der Waals surface area contributed by atoms with Gasteiger partial charge in [0.2, 0.25) is 0 Å². The van der Waals surface area contributed by atoms with Crippen LogP contribution in [0.1, 0.15) is 48.5 Å². The first kappa shape index (κ1) is 21.0. The average Bonchev–Trinajstić information content (AvgIpc) is 2.39. The van der Waals surface area contributed by atoms with Gasteiger partial charge >= 0.3 is 110 Å². The summed E-state index contributed by atoms with van der Waals surface area (Å²) in [5.74, 6) is 0. The minimum atomic E-state index is -0.105. The van der Waals surface area contributed by atoms with Gasteiger partial charge in [-0.05, 0) is 0 Å². The first-order valence-corrected chi connectivity index (χ1v) is 7.75. The van der Waals surface area contributed by atoms with E-state index in [2.05, 4.69) is 51.8 Å². The minimum Gasteiger partial charge on any atom is -0.147 e. The van der Waals surface area contributed by atoms with Gasteiger partial charge in [-0.2, -0.15) is 0 Å². The van der Waals surface area contributed by atoms with Crippen LogP contribution in [-0.4, -0.2) is 16.5 Å². The molecule has 0 radical (unpaired) electrons. The quantitative estimate of drug-likeness (QED) is 0.669. The molecule has 0 bridgehead atoms. The summed E-state index contributed by atoms with van der Waals surface area (Å²) in [4.78, 5) is 0. The standard InChI is InChI=1S/C10H15.C4H10N.2ClH.Ti/c1-7-6-10(4,5)9(3)8(7)2;1-3-5-4-2;;;/h1-5H3;3-4H2,1-2H3;2*1H;/q;-1;;;+1. The maximum atomic E-state index is 2.63. The van der Waals surface area contributed by atoms with Crippen LogP contribution in [0.15, 0.2) is 20.6 Å². The van der Waals surface area contributed by atoms with Gasteiger partial charge in [0.1, 0.15) is 0 Å². The van der Waals surface area contributed by atoms with E-state index in [0.717, 1.165) is 0 Å². The first-order chi connectivity index (χ1) is 7.36. The summed E-state index contributed by atoms with van der Waals surface area (Å²) < 4.78 is 4.37. The monoisotopic (exact) mass is 327 g/mol. The Morgan fingerprint density at radius 1 is 0.944 bits per heavy atom. The van der Waals surface area contributed by atoms with E-state index >= 15 is 0 Å². The van der Waals surface area contributed by atoms with Crippen LogP contribution in [0.5, 0.6) is 0 Å². The van der Waals surface area contributed by atoms with Crippen molar-refractivity contribution in [3.05, 3.63) is 20.6 Å². The molecule has 0 saturated carbocycles. The molecule has 1 aliphatic rings. The molecule has 0 amide bonds. The van der Waals surface area contributed by atoms with Gasteiger partial charge in [-0.3, -0.25) is 0 Å². The third kappa shape index (κ3) is 3.87. The molecule has 18 heavy (non-hydrogen) atoms. The van der Waals surface area contributed by atoms with Crippen LogP contribution >= 0.6 is 24.8 Å². The fourth-order valence-corrected chi connectivity index (χ4v) is 4.63. The van der Waals surface area contributed by atoms with Gasteiger partial charge in [-0.15, -0.1) is 24.8 Å². The Morgan fingerprint density at radius 3 is 1.67 bits per heavy atom. The summed E-state index contributed by atoms with van der Waals surface area (Å²) in [5.41, 5.74) is 5.01. The summed E-state index contributed by atoms with van der Waals surface area (Å²) in [6.07, 6.45) is 0. The van der Waals surface area contributed by atoms with E-state index in [1.165, 1.54) is 18.7 Å².